The Kier molecular flexibility index (Phi) is 7.08. The molecule has 0 saturated carbocycles. The number of methoxy groups -OCH3 is 1. The lowest BCUT2D eigenvalue weighted by atomic mass is 9.85. The summed E-state index contributed by atoms with van der Waals surface area (Å²) < 4.78 is 6.75. The maximum absolute atomic E-state index is 13.2. The summed E-state index contributed by atoms with van der Waals surface area (Å²) in [6.45, 7) is 7.51. The van der Waals surface area contributed by atoms with Crippen molar-refractivity contribution in [1.82, 2.24) is 20.0 Å². The minimum Gasteiger partial charge on any atom is -0.468 e. The van der Waals surface area contributed by atoms with E-state index in [4.69, 9.17) is 4.74 Å². The third-order valence-electron chi connectivity index (χ3n) is 6.72. The van der Waals surface area contributed by atoms with Crippen LogP contribution in [0.2, 0.25) is 0 Å². The van der Waals surface area contributed by atoms with E-state index in [1.165, 1.54) is 18.3 Å². The SMILES string of the molecule is C=C(C)[C@@H]1CC=C(CN2C[C@H](NC(=O)c3ccccc3-n3cccn3)C[C@H]2C(=O)OC)CC1. The molecule has 0 bridgehead atoms. The zero-order valence-electron chi connectivity index (χ0n) is 19.4. The first kappa shape index (κ1) is 23.0. The summed E-state index contributed by atoms with van der Waals surface area (Å²) in [7, 11) is 1.42. The van der Waals surface area contributed by atoms with Crippen LogP contribution < -0.4 is 5.32 Å². The molecule has 2 heterocycles. The fourth-order valence-electron chi connectivity index (χ4n) is 4.84. The van der Waals surface area contributed by atoms with Crippen molar-refractivity contribution in [1.29, 1.82) is 0 Å². The highest BCUT2D eigenvalue weighted by Crippen LogP contribution is 2.30. The molecule has 1 aromatic carbocycles. The number of allylic oxidation sites excluding steroid dienone is 2. The number of para-hydroxylation sites is 1. The van der Waals surface area contributed by atoms with Crippen molar-refractivity contribution in [2.24, 2.45) is 5.92 Å². The highest BCUT2D eigenvalue weighted by Gasteiger charge is 2.38. The van der Waals surface area contributed by atoms with E-state index in [9.17, 15) is 9.59 Å². The monoisotopic (exact) mass is 448 g/mol. The minimum atomic E-state index is -0.360. The topological polar surface area (TPSA) is 76.5 Å². The number of aromatic nitrogens is 2. The quantitative estimate of drug-likeness (QED) is 0.518. The van der Waals surface area contributed by atoms with Gasteiger partial charge >= 0.3 is 5.97 Å². The van der Waals surface area contributed by atoms with E-state index in [1.807, 2.05) is 30.5 Å². The van der Waals surface area contributed by atoms with Crippen LogP contribution in [0, 0.1) is 5.92 Å². The van der Waals surface area contributed by atoms with E-state index < -0.39 is 0 Å². The number of amides is 1. The van der Waals surface area contributed by atoms with Gasteiger partial charge in [-0.15, -0.1) is 0 Å². The van der Waals surface area contributed by atoms with E-state index in [0.29, 0.717) is 24.4 Å². The maximum atomic E-state index is 13.2. The first-order chi connectivity index (χ1) is 16.0. The van der Waals surface area contributed by atoms with Gasteiger partial charge in [-0.25, -0.2) is 4.68 Å². The fraction of sp³-hybridized carbons (Fsp3) is 0.423. The standard InChI is InChI=1S/C26H32N4O3/c1-18(2)20-11-9-19(10-12-20)16-29-17-21(15-24(29)26(32)33-3)28-25(31)22-7-4-5-8-23(22)30-14-6-13-27-30/h4-9,13-14,20-21,24H,1,10-12,15-17H2,2-3H3,(H,28,31)/t20-,21-,24+/m1/s1. The maximum Gasteiger partial charge on any atom is 0.323 e. The Balaban J connectivity index is 1.45. The number of likely N-dealkylation sites (tertiary alicyclic amines) is 1. The Hall–Kier alpha value is -3.19. The molecule has 174 valence electrons. The number of nitrogens with zero attached hydrogens (tertiary/aromatic N) is 3. The molecule has 33 heavy (non-hydrogen) atoms. The van der Waals surface area contributed by atoms with Crippen molar-refractivity contribution in [3.05, 3.63) is 72.1 Å². The average molecular weight is 449 g/mol. The second-order valence-corrected chi connectivity index (χ2v) is 9.02. The molecule has 1 N–H and O–H groups in total. The molecule has 3 atom stereocenters. The van der Waals surface area contributed by atoms with Gasteiger partial charge in [-0.05, 0) is 56.7 Å². The summed E-state index contributed by atoms with van der Waals surface area (Å²) in [6, 6.07) is 8.71. The lowest BCUT2D eigenvalue weighted by Crippen LogP contribution is -2.39. The normalized spacial score (nSPS) is 23.1. The molecule has 7 heteroatoms. The number of esters is 1. The molecule has 1 aliphatic heterocycles. The van der Waals surface area contributed by atoms with Gasteiger partial charge < -0.3 is 10.1 Å². The van der Waals surface area contributed by atoms with E-state index in [-0.39, 0.29) is 24.0 Å². The van der Waals surface area contributed by atoms with Gasteiger partial charge in [0, 0.05) is 31.5 Å². The highest BCUT2D eigenvalue weighted by atomic mass is 16.5. The van der Waals surface area contributed by atoms with Gasteiger partial charge in [0.2, 0.25) is 0 Å². The predicted octanol–water partition coefficient (Wildman–Crippen LogP) is 3.52. The van der Waals surface area contributed by atoms with E-state index in [2.05, 4.69) is 34.9 Å². The summed E-state index contributed by atoms with van der Waals surface area (Å²) in [6.07, 6.45) is 9.44. The van der Waals surface area contributed by atoms with Crippen LogP contribution in [-0.2, 0) is 9.53 Å². The smallest absolute Gasteiger partial charge is 0.323 e. The molecule has 1 aliphatic carbocycles. The van der Waals surface area contributed by atoms with Crippen LogP contribution in [0.4, 0.5) is 0 Å². The van der Waals surface area contributed by atoms with Crippen molar-refractivity contribution < 1.29 is 14.3 Å². The number of carbonyl (C=O) groups is 2. The average Bonchev–Trinajstić information content (AvgIpc) is 3.49. The molecule has 4 rings (SSSR count). The van der Waals surface area contributed by atoms with Crippen LogP contribution in [-0.4, -0.2) is 58.8 Å². The molecule has 0 spiro atoms. The van der Waals surface area contributed by atoms with Crippen LogP contribution in [0.1, 0.15) is 43.0 Å². The van der Waals surface area contributed by atoms with Crippen LogP contribution in [0.15, 0.2) is 66.5 Å². The lowest BCUT2D eigenvalue weighted by Gasteiger charge is -2.27. The minimum absolute atomic E-state index is 0.139. The van der Waals surface area contributed by atoms with Crippen molar-refractivity contribution in [2.75, 3.05) is 20.2 Å². The zero-order chi connectivity index (χ0) is 23.4. The molecular weight excluding hydrogens is 416 g/mol. The van der Waals surface area contributed by atoms with Crippen LogP contribution in [0.5, 0.6) is 0 Å². The number of hydrogen-bond donors (Lipinski definition) is 1. The third-order valence-corrected chi connectivity index (χ3v) is 6.72. The fourth-order valence-corrected chi connectivity index (χ4v) is 4.84. The van der Waals surface area contributed by atoms with Gasteiger partial charge in [0.25, 0.3) is 5.91 Å². The Labute approximate surface area is 195 Å². The number of ether oxygens (including phenoxy) is 1. The summed E-state index contributed by atoms with van der Waals surface area (Å²) in [5.74, 6) is 0.128. The first-order valence-corrected chi connectivity index (χ1v) is 11.5. The number of rotatable bonds is 7. The van der Waals surface area contributed by atoms with Gasteiger partial charge in [0.1, 0.15) is 6.04 Å². The first-order valence-electron chi connectivity index (χ1n) is 11.5. The lowest BCUT2D eigenvalue weighted by molar-refractivity contribution is -0.145. The van der Waals surface area contributed by atoms with Gasteiger partial charge in [-0.3, -0.25) is 14.5 Å². The summed E-state index contributed by atoms with van der Waals surface area (Å²) in [5.41, 5.74) is 3.85. The van der Waals surface area contributed by atoms with Gasteiger partial charge in [-0.2, -0.15) is 5.10 Å². The summed E-state index contributed by atoms with van der Waals surface area (Å²) in [5, 5.41) is 7.39. The highest BCUT2D eigenvalue weighted by molar-refractivity contribution is 5.98. The largest absolute Gasteiger partial charge is 0.468 e. The molecule has 1 saturated heterocycles. The van der Waals surface area contributed by atoms with E-state index in [0.717, 1.165) is 31.5 Å². The Morgan fingerprint density at radius 3 is 2.76 bits per heavy atom. The molecular formula is C26H32N4O3. The van der Waals surface area contributed by atoms with Crippen molar-refractivity contribution in [2.45, 2.75) is 44.7 Å². The van der Waals surface area contributed by atoms with Crippen molar-refractivity contribution in [3.8, 4) is 5.69 Å². The van der Waals surface area contributed by atoms with Crippen molar-refractivity contribution >= 4 is 11.9 Å². The van der Waals surface area contributed by atoms with Gasteiger partial charge in [0.05, 0.1) is 18.4 Å². The molecule has 2 aromatic rings. The van der Waals surface area contributed by atoms with Crippen LogP contribution in [0.3, 0.4) is 0 Å². The van der Waals surface area contributed by atoms with E-state index in [1.54, 1.807) is 16.9 Å². The molecule has 0 unspecified atom stereocenters. The van der Waals surface area contributed by atoms with Gasteiger partial charge in [0.15, 0.2) is 0 Å². The predicted molar refractivity (Wildman–Crippen MR) is 127 cm³/mol. The van der Waals surface area contributed by atoms with E-state index >= 15 is 0 Å². The molecule has 2 aliphatic rings. The molecule has 7 nitrogen and oxygen atoms in total. The second-order valence-electron chi connectivity index (χ2n) is 9.02. The van der Waals surface area contributed by atoms with Gasteiger partial charge in [-0.1, -0.05) is 35.9 Å². The number of carbonyl (C=O) groups excluding carboxylic acids is 2. The number of hydrogen-bond acceptors (Lipinski definition) is 5. The Morgan fingerprint density at radius 1 is 1.27 bits per heavy atom. The summed E-state index contributed by atoms with van der Waals surface area (Å²) >= 11 is 0. The Bertz CT molecular complexity index is 1040. The molecule has 0 radical (unpaired) electrons. The molecule has 1 fully saturated rings. The third kappa shape index (κ3) is 5.25. The van der Waals surface area contributed by atoms with Crippen LogP contribution in [0.25, 0.3) is 5.69 Å². The number of benzene rings is 1. The second kappa shape index (κ2) is 10.2. The zero-order valence-corrected chi connectivity index (χ0v) is 19.4. The van der Waals surface area contributed by atoms with Crippen LogP contribution >= 0.6 is 0 Å². The van der Waals surface area contributed by atoms with Crippen molar-refractivity contribution in [3.63, 3.8) is 0 Å². The number of nitrogens with one attached hydrogen (secondary N) is 1. The summed E-state index contributed by atoms with van der Waals surface area (Å²) in [4.78, 5) is 27.8. The Morgan fingerprint density at radius 2 is 2.09 bits per heavy atom. The molecule has 1 amide bonds. The molecule has 1 aromatic heterocycles.